The highest BCUT2D eigenvalue weighted by Crippen LogP contribution is 2.26. The van der Waals surface area contributed by atoms with Crippen molar-refractivity contribution in [2.45, 2.75) is 25.6 Å². The van der Waals surface area contributed by atoms with Gasteiger partial charge in [0.15, 0.2) is 0 Å². The second-order valence-corrected chi connectivity index (χ2v) is 4.25. The number of carbonyl (C=O) groups is 2. The predicted molar refractivity (Wildman–Crippen MR) is 71.6 cm³/mol. The first-order valence-corrected chi connectivity index (χ1v) is 6.07. The maximum Gasteiger partial charge on any atom is 0.338 e. The van der Waals surface area contributed by atoms with E-state index in [4.69, 9.17) is 16.2 Å². The number of carbonyl (C=O) groups excluding carboxylic acids is 2. The summed E-state index contributed by atoms with van der Waals surface area (Å²) in [5, 5.41) is 19.6. The Morgan fingerprint density at radius 3 is 2.55 bits per heavy atom. The number of anilines is 1. The third-order valence-electron chi connectivity index (χ3n) is 2.69. The van der Waals surface area contributed by atoms with Gasteiger partial charge in [0.2, 0.25) is 5.91 Å². The molecule has 110 valence electrons. The molecule has 1 aromatic rings. The van der Waals surface area contributed by atoms with E-state index in [1.165, 1.54) is 18.2 Å². The van der Waals surface area contributed by atoms with Crippen LogP contribution >= 0.6 is 0 Å². The van der Waals surface area contributed by atoms with Crippen molar-refractivity contribution in [2.75, 3.05) is 12.3 Å². The predicted octanol–water partition coefficient (Wildman–Crippen LogP) is -0.285. The molecule has 0 spiro atoms. The molecule has 0 heterocycles. The molecule has 0 radical (unpaired) electrons. The van der Waals surface area contributed by atoms with Crippen molar-refractivity contribution in [2.24, 2.45) is 5.73 Å². The largest absolute Gasteiger partial charge is 0.462 e. The molecule has 2 unspecified atom stereocenters. The van der Waals surface area contributed by atoms with Crippen LogP contribution in [0, 0.1) is 0 Å². The fraction of sp³-hybridized carbons (Fsp3) is 0.385. The molecule has 0 bridgehead atoms. The highest BCUT2D eigenvalue weighted by molar-refractivity contribution is 5.90. The summed E-state index contributed by atoms with van der Waals surface area (Å²) in [6.45, 7) is 1.88. The van der Waals surface area contributed by atoms with Gasteiger partial charge in [-0.1, -0.05) is 0 Å². The Bertz CT molecular complexity index is 504. The van der Waals surface area contributed by atoms with Crippen LogP contribution in [0.1, 0.15) is 35.4 Å². The molecule has 0 saturated carbocycles. The normalized spacial score (nSPS) is 13.6. The highest BCUT2D eigenvalue weighted by Gasteiger charge is 2.23. The zero-order valence-electron chi connectivity index (χ0n) is 11.1. The maximum absolute atomic E-state index is 11.6. The van der Waals surface area contributed by atoms with E-state index >= 15 is 0 Å². The molecule has 7 nitrogen and oxygen atoms in total. The molecule has 1 amide bonds. The van der Waals surface area contributed by atoms with E-state index in [2.05, 4.69) is 0 Å². The molecule has 1 aromatic carbocycles. The molecule has 0 aromatic heterocycles. The molecule has 6 N–H and O–H groups in total. The van der Waals surface area contributed by atoms with Gasteiger partial charge in [-0.2, -0.15) is 0 Å². The number of hydrogen-bond acceptors (Lipinski definition) is 6. The van der Waals surface area contributed by atoms with Gasteiger partial charge in [-0.3, -0.25) is 4.79 Å². The molecular weight excluding hydrogens is 264 g/mol. The van der Waals surface area contributed by atoms with Gasteiger partial charge in [-0.15, -0.1) is 0 Å². The number of hydrogen-bond donors (Lipinski definition) is 4. The summed E-state index contributed by atoms with van der Waals surface area (Å²) >= 11 is 0. The second-order valence-electron chi connectivity index (χ2n) is 4.25. The first-order chi connectivity index (χ1) is 9.36. The lowest BCUT2D eigenvalue weighted by atomic mass is 9.98. The molecule has 0 fully saturated rings. The number of aliphatic hydroxyl groups excluding tert-OH is 2. The number of ether oxygens (including phenoxy) is 1. The Labute approximate surface area is 116 Å². The van der Waals surface area contributed by atoms with Gasteiger partial charge >= 0.3 is 5.97 Å². The van der Waals surface area contributed by atoms with Gasteiger partial charge in [0.1, 0.15) is 6.10 Å². The fourth-order valence-electron chi connectivity index (χ4n) is 1.70. The van der Waals surface area contributed by atoms with E-state index in [9.17, 15) is 19.8 Å². The second kappa shape index (κ2) is 6.88. The smallest absolute Gasteiger partial charge is 0.338 e. The quantitative estimate of drug-likeness (QED) is 0.418. The average molecular weight is 282 g/mol. The summed E-state index contributed by atoms with van der Waals surface area (Å²) in [5.41, 5.74) is 11.2. The lowest BCUT2D eigenvalue weighted by Crippen LogP contribution is -2.26. The number of esters is 1. The molecule has 7 heteroatoms. The van der Waals surface area contributed by atoms with Crippen molar-refractivity contribution in [3.8, 4) is 0 Å². The van der Waals surface area contributed by atoms with Crippen LogP contribution in [0.25, 0.3) is 0 Å². The summed E-state index contributed by atoms with van der Waals surface area (Å²) < 4.78 is 4.83. The monoisotopic (exact) mass is 282 g/mol. The van der Waals surface area contributed by atoms with E-state index in [0.717, 1.165) is 0 Å². The first kappa shape index (κ1) is 15.9. The minimum atomic E-state index is -1.42. The van der Waals surface area contributed by atoms with Crippen LogP contribution in [0.15, 0.2) is 18.2 Å². The Balaban J connectivity index is 3.01. The number of nitrogen functional groups attached to an aromatic ring is 1. The van der Waals surface area contributed by atoms with E-state index in [-0.39, 0.29) is 23.4 Å². The van der Waals surface area contributed by atoms with Gasteiger partial charge in [0.05, 0.1) is 24.7 Å². The Morgan fingerprint density at radius 1 is 1.35 bits per heavy atom. The van der Waals surface area contributed by atoms with Crippen LogP contribution in [-0.4, -0.2) is 34.8 Å². The van der Waals surface area contributed by atoms with E-state index in [1.54, 1.807) is 6.92 Å². The summed E-state index contributed by atoms with van der Waals surface area (Å²) in [6.07, 6.45) is -3.23. The third-order valence-corrected chi connectivity index (χ3v) is 2.69. The molecule has 0 saturated heterocycles. The van der Waals surface area contributed by atoms with Crippen LogP contribution in [0.3, 0.4) is 0 Å². The van der Waals surface area contributed by atoms with Gasteiger partial charge in [0, 0.05) is 11.3 Å². The van der Waals surface area contributed by atoms with Gasteiger partial charge in [-0.05, 0) is 25.1 Å². The summed E-state index contributed by atoms with van der Waals surface area (Å²) in [4.78, 5) is 22.3. The average Bonchev–Trinajstić information content (AvgIpc) is 2.37. The lowest BCUT2D eigenvalue weighted by molar-refractivity contribution is -0.121. The minimum Gasteiger partial charge on any atom is -0.462 e. The van der Waals surface area contributed by atoms with Crippen molar-refractivity contribution in [1.29, 1.82) is 0 Å². The number of nitrogens with two attached hydrogens (primary N) is 2. The lowest BCUT2D eigenvalue weighted by Gasteiger charge is -2.19. The van der Waals surface area contributed by atoms with Crippen molar-refractivity contribution in [3.05, 3.63) is 29.3 Å². The van der Waals surface area contributed by atoms with Crippen LogP contribution in [0.2, 0.25) is 0 Å². The van der Waals surface area contributed by atoms with Gasteiger partial charge in [0.25, 0.3) is 0 Å². The van der Waals surface area contributed by atoms with Crippen molar-refractivity contribution < 1.29 is 24.5 Å². The summed E-state index contributed by atoms with van der Waals surface area (Å²) in [7, 11) is 0. The SMILES string of the molecule is CCOC(=O)c1ccc(N)c(C(O)C(O)CC(N)=O)c1. The molecule has 0 aliphatic rings. The standard InChI is InChI=1S/C13H18N2O5/c1-2-20-13(19)7-3-4-9(14)8(5-7)12(18)10(16)6-11(15)17/h3-5,10,12,16,18H,2,6,14H2,1H3,(H2,15,17). The van der Waals surface area contributed by atoms with Crippen LogP contribution in [-0.2, 0) is 9.53 Å². The van der Waals surface area contributed by atoms with Crippen LogP contribution in [0.4, 0.5) is 5.69 Å². The number of primary amides is 1. The molecule has 0 aliphatic carbocycles. The summed E-state index contributed by atoms with van der Waals surface area (Å²) in [5.74, 6) is -1.32. The number of rotatable bonds is 6. The molecule has 2 atom stereocenters. The van der Waals surface area contributed by atoms with Crippen LogP contribution < -0.4 is 11.5 Å². The van der Waals surface area contributed by atoms with Crippen molar-refractivity contribution in [3.63, 3.8) is 0 Å². The zero-order valence-corrected chi connectivity index (χ0v) is 11.1. The van der Waals surface area contributed by atoms with Crippen molar-refractivity contribution >= 4 is 17.6 Å². The third kappa shape index (κ3) is 3.94. The number of benzene rings is 1. The molecule has 0 aliphatic heterocycles. The first-order valence-electron chi connectivity index (χ1n) is 6.07. The fourth-order valence-corrected chi connectivity index (χ4v) is 1.70. The van der Waals surface area contributed by atoms with Crippen molar-refractivity contribution in [1.82, 2.24) is 0 Å². The topological polar surface area (TPSA) is 136 Å². The van der Waals surface area contributed by atoms with E-state index in [1.807, 2.05) is 0 Å². The van der Waals surface area contributed by atoms with Gasteiger partial charge < -0.3 is 26.4 Å². The molecular formula is C13H18N2O5. The zero-order chi connectivity index (χ0) is 15.3. The van der Waals surface area contributed by atoms with Crippen LogP contribution in [0.5, 0.6) is 0 Å². The Kier molecular flexibility index (Phi) is 5.48. The number of aliphatic hydroxyl groups is 2. The van der Waals surface area contributed by atoms with E-state index in [0.29, 0.717) is 0 Å². The molecule has 1 rings (SSSR count). The minimum absolute atomic E-state index is 0.143. The molecule has 20 heavy (non-hydrogen) atoms. The van der Waals surface area contributed by atoms with E-state index < -0.39 is 30.5 Å². The summed E-state index contributed by atoms with van der Waals surface area (Å²) in [6, 6.07) is 4.19. The van der Waals surface area contributed by atoms with Gasteiger partial charge in [-0.25, -0.2) is 4.79 Å². The maximum atomic E-state index is 11.6. The Morgan fingerprint density at radius 2 is 2.00 bits per heavy atom. The highest BCUT2D eigenvalue weighted by atomic mass is 16.5. The number of amides is 1. The Hall–Kier alpha value is -2.12.